The zero-order valence-corrected chi connectivity index (χ0v) is 11.7. The van der Waals surface area contributed by atoms with E-state index < -0.39 is 5.91 Å². The molecule has 2 aromatic heterocycles. The summed E-state index contributed by atoms with van der Waals surface area (Å²) < 4.78 is 0. The van der Waals surface area contributed by atoms with E-state index in [1.54, 1.807) is 6.07 Å². The van der Waals surface area contributed by atoms with E-state index in [9.17, 15) is 4.79 Å². The molecule has 0 bridgehead atoms. The van der Waals surface area contributed by atoms with Crippen molar-refractivity contribution in [1.82, 2.24) is 9.97 Å². The molecule has 0 aliphatic rings. The second-order valence-electron chi connectivity index (χ2n) is 5.23. The molecule has 0 fully saturated rings. The summed E-state index contributed by atoms with van der Waals surface area (Å²) in [7, 11) is 0. The number of carbonyl (C=O) groups is 1. The second kappa shape index (κ2) is 4.70. The van der Waals surface area contributed by atoms with E-state index in [4.69, 9.17) is 5.73 Å². The quantitative estimate of drug-likeness (QED) is 0.592. The number of nitrogens with zero attached hydrogens (tertiary/aromatic N) is 1. The molecule has 3 N–H and O–H groups in total. The fourth-order valence-electron chi connectivity index (χ4n) is 2.74. The number of hydrogen-bond donors (Lipinski definition) is 2. The van der Waals surface area contributed by atoms with Crippen LogP contribution < -0.4 is 5.73 Å². The van der Waals surface area contributed by atoms with Crippen LogP contribution in [0.25, 0.3) is 33.1 Å². The Balaban J connectivity index is 1.92. The van der Waals surface area contributed by atoms with Gasteiger partial charge in [0.15, 0.2) is 0 Å². The Labute approximate surface area is 126 Å². The topological polar surface area (TPSA) is 71.8 Å². The third-order valence-electron chi connectivity index (χ3n) is 3.84. The third-order valence-corrected chi connectivity index (χ3v) is 3.84. The number of pyridine rings is 1. The van der Waals surface area contributed by atoms with Gasteiger partial charge in [0.25, 0.3) is 0 Å². The molecule has 0 atom stereocenters. The molecule has 0 spiro atoms. The Bertz CT molecular complexity index is 1020. The third kappa shape index (κ3) is 1.93. The molecule has 1 amide bonds. The molecular formula is C18H13N3O. The summed E-state index contributed by atoms with van der Waals surface area (Å²) in [5.41, 5.74) is 8.53. The summed E-state index contributed by atoms with van der Waals surface area (Å²) in [4.78, 5) is 19.3. The summed E-state index contributed by atoms with van der Waals surface area (Å²) in [6.07, 6.45) is 1.85. The van der Waals surface area contributed by atoms with Crippen LogP contribution in [-0.2, 0) is 0 Å². The average molecular weight is 287 g/mol. The first-order valence-electron chi connectivity index (χ1n) is 6.99. The number of fused-ring (bicyclic) bond motifs is 2. The molecule has 2 heterocycles. The number of amides is 1. The Morgan fingerprint density at radius 2 is 1.82 bits per heavy atom. The summed E-state index contributed by atoms with van der Waals surface area (Å²) in [6.45, 7) is 0. The van der Waals surface area contributed by atoms with Gasteiger partial charge in [0.05, 0.1) is 11.4 Å². The van der Waals surface area contributed by atoms with Gasteiger partial charge in [-0.15, -0.1) is 0 Å². The predicted molar refractivity (Wildman–Crippen MR) is 87.6 cm³/mol. The number of hydrogen-bond acceptors (Lipinski definition) is 2. The van der Waals surface area contributed by atoms with Crippen LogP contribution in [0.3, 0.4) is 0 Å². The predicted octanol–water partition coefficient (Wildman–Crippen LogP) is 3.48. The molecule has 0 radical (unpaired) electrons. The van der Waals surface area contributed by atoms with Gasteiger partial charge in [-0.3, -0.25) is 9.78 Å². The van der Waals surface area contributed by atoms with Gasteiger partial charge in [-0.1, -0.05) is 30.3 Å². The number of aromatic nitrogens is 2. The summed E-state index contributed by atoms with van der Waals surface area (Å²) >= 11 is 0. The van der Waals surface area contributed by atoms with Crippen molar-refractivity contribution in [3.05, 3.63) is 66.4 Å². The molecule has 2 aromatic carbocycles. The van der Waals surface area contributed by atoms with Crippen molar-refractivity contribution in [2.24, 2.45) is 5.73 Å². The van der Waals surface area contributed by atoms with Gasteiger partial charge >= 0.3 is 0 Å². The molecule has 106 valence electrons. The van der Waals surface area contributed by atoms with Crippen molar-refractivity contribution in [1.29, 1.82) is 0 Å². The largest absolute Gasteiger partial charge is 0.366 e. The van der Waals surface area contributed by atoms with Crippen LogP contribution in [0.2, 0.25) is 0 Å². The maximum absolute atomic E-state index is 11.5. The molecule has 0 saturated carbocycles. The molecule has 4 nitrogen and oxygen atoms in total. The zero-order valence-electron chi connectivity index (χ0n) is 11.7. The van der Waals surface area contributed by atoms with E-state index in [1.807, 2.05) is 48.7 Å². The van der Waals surface area contributed by atoms with Crippen LogP contribution in [0, 0.1) is 0 Å². The van der Waals surface area contributed by atoms with Gasteiger partial charge in [-0.05, 0) is 29.7 Å². The maximum Gasteiger partial charge on any atom is 0.249 e. The van der Waals surface area contributed by atoms with Crippen molar-refractivity contribution >= 4 is 27.6 Å². The fourth-order valence-corrected chi connectivity index (χ4v) is 2.74. The number of carbonyl (C=O) groups excluding carboxylic acids is 1. The van der Waals surface area contributed by atoms with Crippen LogP contribution in [0.15, 0.2) is 60.8 Å². The summed E-state index contributed by atoms with van der Waals surface area (Å²) in [5.74, 6) is -0.428. The Morgan fingerprint density at radius 1 is 1.00 bits per heavy atom. The molecule has 0 unspecified atom stereocenters. The van der Waals surface area contributed by atoms with Gasteiger partial charge in [0.1, 0.15) is 0 Å². The minimum atomic E-state index is -0.428. The molecule has 4 heteroatoms. The number of nitrogens with two attached hydrogens (primary N) is 1. The van der Waals surface area contributed by atoms with Crippen molar-refractivity contribution < 1.29 is 4.79 Å². The Morgan fingerprint density at radius 3 is 2.64 bits per heavy atom. The molecule has 0 saturated heterocycles. The first-order chi connectivity index (χ1) is 10.7. The standard InChI is InChI=1S/C18H13N3O/c19-18(22)13-6-3-7-15-14(13)9-17(21-15)16-8-11-4-1-2-5-12(11)10-20-16/h1-10,21H,(H2,19,22). The number of rotatable bonds is 2. The molecular weight excluding hydrogens is 274 g/mol. The van der Waals surface area contributed by atoms with Crippen molar-refractivity contribution in [3.8, 4) is 11.4 Å². The second-order valence-corrected chi connectivity index (χ2v) is 5.23. The maximum atomic E-state index is 11.5. The first kappa shape index (κ1) is 12.6. The number of H-pyrrole nitrogens is 1. The van der Waals surface area contributed by atoms with Gasteiger partial charge in [0, 0.05) is 28.0 Å². The lowest BCUT2D eigenvalue weighted by atomic mass is 10.1. The van der Waals surface area contributed by atoms with Crippen LogP contribution in [-0.4, -0.2) is 15.9 Å². The number of nitrogens with one attached hydrogen (secondary N) is 1. The highest BCUT2D eigenvalue weighted by Crippen LogP contribution is 2.27. The first-order valence-corrected chi connectivity index (χ1v) is 6.99. The Hall–Kier alpha value is -3.14. The summed E-state index contributed by atoms with van der Waals surface area (Å²) in [5, 5.41) is 3.04. The minimum Gasteiger partial charge on any atom is -0.366 e. The van der Waals surface area contributed by atoms with Crippen LogP contribution in [0.4, 0.5) is 0 Å². The van der Waals surface area contributed by atoms with Gasteiger partial charge < -0.3 is 10.7 Å². The highest BCUT2D eigenvalue weighted by Gasteiger charge is 2.11. The fraction of sp³-hybridized carbons (Fsp3) is 0. The summed E-state index contributed by atoms with van der Waals surface area (Å²) in [6, 6.07) is 17.5. The lowest BCUT2D eigenvalue weighted by Crippen LogP contribution is -2.10. The molecule has 22 heavy (non-hydrogen) atoms. The van der Waals surface area contributed by atoms with E-state index in [1.165, 1.54) is 0 Å². The normalized spacial score (nSPS) is 11.1. The lowest BCUT2D eigenvalue weighted by Gasteiger charge is -2.00. The van der Waals surface area contributed by atoms with Gasteiger partial charge in [-0.2, -0.15) is 0 Å². The van der Waals surface area contributed by atoms with Gasteiger partial charge in [0.2, 0.25) is 5.91 Å². The monoisotopic (exact) mass is 287 g/mol. The van der Waals surface area contributed by atoms with Crippen LogP contribution in [0.1, 0.15) is 10.4 Å². The molecule has 4 rings (SSSR count). The smallest absolute Gasteiger partial charge is 0.249 e. The minimum absolute atomic E-state index is 0.428. The van der Waals surface area contributed by atoms with E-state index in [-0.39, 0.29) is 0 Å². The number of aromatic amines is 1. The molecule has 0 aliphatic carbocycles. The van der Waals surface area contributed by atoms with Gasteiger partial charge in [-0.25, -0.2) is 0 Å². The van der Waals surface area contributed by atoms with E-state index in [0.717, 1.165) is 33.1 Å². The molecule has 0 aliphatic heterocycles. The van der Waals surface area contributed by atoms with Crippen LogP contribution >= 0.6 is 0 Å². The average Bonchev–Trinajstić information content (AvgIpc) is 2.98. The SMILES string of the molecule is NC(=O)c1cccc2[nH]c(-c3cc4ccccc4cn3)cc12. The Kier molecular flexibility index (Phi) is 2.69. The highest BCUT2D eigenvalue weighted by atomic mass is 16.1. The lowest BCUT2D eigenvalue weighted by molar-refractivity contribution is 0.100. The number of primary amides is 1. The van der Waals surface area contributed by atoms with E-state index >= 15 is 0 Å². The van der Waals surface area contributed by atoms with Crippen molar-refractivity contribution in [2.75, 3.05) is 0 Å². The van der Waals surface area contributed by atoms with Crippen molar-refractivity contribution in [2.45, 2.75) is 0 Å². The van der Waals surface area contributed by atoms with E-state index in [0.29, 0.717) is 5.56 Å². The van der Waals surface area contributed by atoms with Crippen molar-refractivity contribution in [3.63, 3.8) is 0 Å². The van der Waals surface area contributed by atoms with E-state index in [2.05, 4.69) is 16.0 Å². The highest BCUT2D eigenvalue weighted by molar-refractivity contribution is 6.06. The number of benzene rings is 2. The van der Waals surface area contributed by atoms with Crippen LogP contribution in [0.5, 0.6) is 0 Å². The zero-order chi connectivity index (χ0) is 15.1. The molecule has 4 aromatic rings.